The number of carbonyl (C=O) groups is 2. The Bertz CT molecular complexity index is 708. The minimum absolute atomic E-state index is 0.0344. The van der Waals surface area contributed by atoms with Gasteiger partial charge in [0.2, 0.25) is 11.6 Å². The number of rotatable bonds is 4. The first-order valence-corrected chi connectivity index (χ1v) is 7.58. The summed E-state index contributed by atoms with van der Waals surface area (Å²) in [5.41, 5.74) is 0.672. The maximum absolute atomic E-state index is 12.1. The van der Waals surface area contributed by atoms with Crippen molar-refractivity contribution in [2.45, 2.75) is 25.6 Å². The van der Waals surface area contributed by atoms with E-state index in [1.54, 1.807) is 30.3 Å². The van der Waals surface area contributed by atoms with Gasteiger partial charge in [0, 0.05) is 17.5 Å². The van der Waals surface area contributed by atoms with Crippen molar-refractivity contribution in [3.63, 3.8) is 0 Å². The highest BCUT2D eigenvalue weighted by molar-refractivity contribution is 6.52. The summed E-state index contributed by atoms with van der Waals surface area (Å²) in [6.07, 6.45) is 4.50. The molecule has 0 radical (unpaired) electrons. The van der Waals surface area contributed by atoms with Gasteiger partial charge < -0.3 is 14.6 Å². The molecule has 0 bridgehead atoms. The van der Waals surface area contributed by atoms with E-state index >= 15 is 0 Å². The minimum Gasteiger partial charge on any atom is -0.507 e. The average molecular weight is 314 g/mol. The average Bonchev–Trinajstić information content (AvgIpc) is 2.99. The third-order valence-corrected chi connectivity index (χ3v) is 4.08. The summed E-state index contributed by atoms with van der Waals surface area (Å²) < 4.78 is 11.0. The number of aliphatic hydroxyl groups is 1. The van der Waals surface area contributed by atoms with Gasteiger partial charge in [-0.1, -0.05) is 36.4 Å². The molecule has 1 saturated heterocycles. The first kappa shape index (κ1) is 15.6. The molecule has 1 aliphatic heterocycles. The molecule has 2 aliphatic rings. The molecule has 1 aromatic rings. The van der Waals surface area contributed by atoms with E-state index in [9.17, 15) is 14.7 Å². The summed E-state index contributed by atoms with van der Waals surface area (Å²) in [4.78, 5) is 24.2. The number of benzene rings is 1. The van der Waals surface area contributed by atoms with Crippen LogP contribution in [0.15, 0.2) is 42.0 Å². The Balaban J connectivity index is 1.77. The van der Waals surface area contributed by atoms with Crippen molar-refractivity contribution in [2.75, 3.05) is 13.2 Å². The van der Waals surface area contributed by atoms with Crippen molar-refractivity contribution in [1.29, 1.82) is 0 Å². The largest absolute Gasteiger partial charge is 0.507 e. The lowest BCUT2D eigenvalue weighted by atomic mass is 9.88. The Hall–Kier alpha value is -2.24. The molecule has 0 unspecified atom stereocenters. The number of Topliss-reactive ketones (excluding diaryl/α,β-unsaturated/α-hetero) is 2. The van der Waals surface area contributed by atoms with E-state index in [1.165, 1.54) is 6.08 Å². The van der Waals surface area contributed by atoms with Gasteiger partial charge >= 0.3 is 0 Å². The minimum atomic E-state index is -0.683. The SMILES string of the molecule is CC1(CC/C=C/C2=C(O)c3ccccc3C(=O)C2=O)OCCO1. The maximum atomic E-state index is 12.1. The van der Waals surface area contributed by atoms with Crippen LogP contribution in [0, 0.1) is 0 Å². The van der Waals surface area contributed by atoms with Crippen LogP contribution >= 0.6 is 0 Å². The molecule has 0 spiro atoms. The fourth-order valence-electron chi connectivity index (χ4n) is 2.79. The van der Waals surface area contributed by atoms with E-state index in [0.717, 1.165) is 0 Å². The van der Waals surface area contributed by atoms with Crippen molar-refractivity contribution < 1.29 is 24.2 Å². The molecular weight excluding hydrogens is 296 g/mol. The lowest BCUT2D eigenvalue weighted by Crippen LogP contribution is -2.25. The molecule has 0 saturated carbocycles. The summed E-state index contributed by atoms with van der Waals surface area (Å²) in [5.74, 6) is -2.02. The van der Waals surface area contributed by atoms with E-state index in [1.807, 2.05) is 6.92 Å². The van der Waals surface area contributed by atoms with E-state index in [2.05, 4.69) is 0 Å². The number of hydrogen-bond acceptors (Lipinski definition) is 5. The van der Waals surface area contributed by atoms with Crippen LogP contribution in [0.1, 0.15) is 35.7 Å². The fraction of sp³-hybridized carbons (Fsp3) is 0.333. The number of allylic oxidation sites excluding steroid dienone is 3. The zero-order valence-corrected chi connectivity index (χ0v) is 12.9. The van der Waals surface area contributed by atoms with Crippen LogP contribution < -0.4 is 0 Å². The predicted octanol–water partition coefficient (Wildman–Crippen LogP) is 2.82. The van der Waals surface area contributed by atoms with Crippen LogP contribution in [0.25, 0.3) is 5.76 Å². The summed E-state index contributed by atoms with van der Waals surface area (Å²) in [7, 11) is 0. The van der Waals surface area contributed by atoms with E-state index in [0.29, 0.717) is 31.6 Å². The molecule has 1 N–H and O–H groups in total. The van der Waals surface area contributed by atoms with Gasteiger partial charge in [0.15, 0.2) is 5.79 Å². The van der Waals surface area contributed by atoms with Crippen LogP contribution in [-0.2, 0) is 14.3 Å². The van der Waals surface area contributed by atoms with Crippen molar-refractivity contribution in [2.24, 2.45) is 0 Å². The molecule has 5 heteroatoms. The molecule has 1 aliphatic carbocycles. The van der Waals surface area contributed by atoms with E-state index in [4.69, 9.17) is 9.47 Å². The Morgan fingerprint density at radius 2 is 1.78 bits per heavy atom. The van der Waals surface area contributed by atoms with Crippen molar-refractivity contribution >= 4 is 17.3 Å². The summed E-state index contributed by atoms with van der Waals surface area (Å²) in [6.45, 7) is 3.03. The second kappa shape index (κ2) is 6.10. The third kappa shape index (κ3) is 2.98. The van der Waals surface area contributed by atoms with Crippen molar-refractivity contribution in [3.8, 4) is 0 Å². The molecule has 5 nitrogen and oxygen atoms in total. The fourth-order valence-corrected chi connectivity index (χ4v) is 2.79. The summed E-state index contributed by atoms with van der Waals surface area (Å²) >= 11 is 0. The molecule has 3 rings (SSSR count). The Kier molecular flexibility index (Phi) is 4.15. The number of carbonyl (C=O) groups excluding carboxylic acids is 2. The lowest BCUT2D eigenvalue weighted by molar-refractivity contribution is -0.145. The van der Waals surface area contributed by atoms with Gasteiger partial charge in [-0.2, -0.15) is 0 Å². The second-order valence-electron chi connectivity index (χ2n) is 5.74. The molecule has 1 aromatic carbocycles. The normalized spacial score (nSPS) is 20.4. The van der Waals surface area contributed by atoms with Gasteiger partial charge in [-0.05, 0) is 13.3 Å². The van der Waals surface area contributed by atoms with E-state index < -0.39 is 17.4 Å². The van der Waals surface area contributed by atoms with Crippen LogP contribution in [0.4, 0.5) is 0 Å². The van der Waals surface area contributed by atoms with E-state index in [-0.39, 0.29) is 16.9 Å². The molecule has 1 heterocycles. The quantitative estimate of drug-likeness (QED) is 0.865. The van der Waals surface area contributed by atoms with Gasteiger partial charge in [0.25, 0.3) is 0 Å². The number of aliphatic hydroxyl groups excluding tert-OH is 1. The molecule has 0 aromatic heterocycles. The number of fused-ring (bicyclic) bond motifs is 1. The number of ether oxygens (including phenoxy) is 2. The lowest BCUT2D eigenvalue weighted by Gasteiger charge is -2.21. The summed E-state index contributed by atoms with van der Waals surface area (Å²) in [6, 6.07) is 6.56. The highest BCUT2D eigenvalue weighted by Crippen LogP contribution is 2.29. The Morgan fingerprint density at radius 3 is 2.48 bits per heavy atom. The second-order valence-corrected chi connectivity index (χ2v) is 5.74. The summed E-state index contributed by atoms with van der Waals surface area (Å²) in [5, 5.41) is 10.3. The van der Waals surface area contributed by atoms with Gasteiger partial charge in [0.05, 0.1) is 18.8 Å². The first-order chi connectivity index (χ1) is 11.0. The number of ketones is 2. The van der Waals surface area contributed by atoms with Crippen LogP contribution in [0.5, 0.6) is 0 Å². The highest BCUT2D eigenvalue weighted by atomic mass is 16.7. The highest BCUT2D eigenvalue weighted by Gasteiger charge is 2.32. The van der Waals surface area contributed by atoms with Crippen LogP contribution in [0.2, 0.25) is 0 Å². The zero-order valence-electron chi connectivity index (χ0n) is 12.9. The first-order valence-electron chi connectivity index (χ1n) is 7.58. The van der Waals surface area contributed by atoms with Gasteiger partial charge in [-0.25, -0.2) is 0 Å². The van der Waals surface area contributed by atoms with Gasteiger partial charge in [0.1, 0.15) is 5.76 Å². The molecule has 120 valence electrons. The van der Waals surface area contributed by atoms with Crippen LogP contribution in [-0.4, -0.2) is 35.7 Å². The maximum Gasteiger partial charge on any atom is 0.237 e. The van der Waals surface area contributed by atoms with Crippen LogP contribution in [0.3, 0.4) is 0 Å². The standard InChI is InChI=1S/C18H18O5/c1-18(22-10-11-23-18)9-5-4-8-14-15(19)12-6-2-3-7-13(12)16(20)17(14)21/h2-4,6-8,19H,5,9-11H2,1H3/b8-4+. The smallest absolute Gasteiger partial charge is 0.237 e. The predicted molar refractivity (Wildman–Crippen MR) is 84.0 cm³/mol. The van der Waals surface area contributed by atoms with Crippen molar-refractivity contribution in [1.82, 2.24) is 0 Å². The Morgan fingerprint density at radius 1 is 1.13 bits per heavy atom. The zero-order chi connectivity index (χ0) is 16.4. The van der Waals surface area contributed by atoms with Gasteiger partial charge in [-0.3, -0.25) is 9.59 Å². The molecule has 23 heavy (non-hydrogen) atoms. The monoisotopic (exact) mass is 314 g/mol. The topological polar surface area (TPSA) is 72.8 Å². The molecule has 0 amide bonds. The number of hydrogen-bond donors (Lipinski definition) is 1. The Labute approximate surface area is 134 Å². The molecule has 0 atom stereocenters. The third-order valence-electron chi connectivity index (χ3n) is 4.08. The molecular formula is C18H18O5. The molecule has 1 fully saturated rings. The van der Waals surface area contributed by atoms with Gasteiger partial charge in [-0.15, -0.1) is 0 Å². The van der Waals surface area contributed by atoms with Crippen molar-refractivity contribution in [3.05, 3.63) is 53.1 Å².